The van der Waals surface area contributed by atoms with E-state index in [-0.39, 0.29) is 11.8 Å². The summed E-state index contributed by atoms with van der Waals surface area (Å²) in [4.78, 5) is 14.8. The number of nitrogens with one attached hydrogen (secondary N) is 1. The number of likely N-dealkylation sites (tertiary alicyclic amines) is 1. The molecule has 0 saturated carbocycles. The summed E-state index contributed by atoms with van der Waals surface area (Å²) in [5, 5.41) is 10.7. The van der Waals surface area contributed by atoms with Crippen molar-refractivity contribution in [2.75, 3.05) is 32.8 Å². The van der Waals surface area contributed by atoms with Crippen molar-refractivity contribution in [3.8, 4) is 0 Å². The van der Waals surface area contributed by atoms with Gasteiger partial charge in [-0.25, -0.2) is 0 Å². The molecule has 122 valence electrons. The molecule has 0 aromatic carbocycles. The van der Waals surface area contributed by atoms with Crippen molar-refractivity contribution in [3.05, 3.63) is 12.4 Å². The third-order valence-corrected chi connectivity index (χ3v) is 4.72. The van der Waals surface area contributed by atoms with Gasteiger partial charge in [-0.05, 0) is 38.8 Å². The van der Waals surface area contributed by atoms with E-state index in [9.17, 15) is 4.79 Å². The van der Waals surface area contributed by atoms with Crippen LogP contribution in [0.4, 0.5) is 0 Å². The summed E-state index contributed by atoms with van der Waals surface area (Å²) < 4.78 is 7.15. The first-order chi connectivity index (χ1) is 10.8. The molecule has 3 heterocycles. The molecule has 1 aromatic rings. The standard InChI is InChI=1S/C15H25N5O2/c21-15(16-5-9-20-10-6-17-18-20)13-1-7-19(8-2-13)14-3-11-22-12-4-14/h6,10,13-14H,1-5,7-9,11-12H2,(H,16,21). The number of hydrogen-bond donors (Lipinski definition) is 1. The van der Waals surface area contributed by atoms with Crippen LogP contribution in [0.15, 0.2) is 12.4 Å². The van der Waals surface area contributed by atoms with E-state index in [2.05, 4.69) is 20.5 Å². The first kappa shape index (κ1) is 15.4. The van der Waals surface area contributed by atoms with Crippen LogP contribution in [0.2, 0.25) is 0 Å². The summed E-state index contributed by atoms with van der Waals surface area (Å²) in [6, 6.07) is 0.657. The summed E-state index contributed by atoms with van der Waals surface area (Å²) >= 11 is 0. The highest BCUT2D eigenvalue weighted by Crippen LogP contribution is 2.23. The van der Waals surface area contributed by atoms with Crippen molar-refractivity contribution in [2.24, 2.45) is 5.92 Å². The molecule has 7 nitrogen and oxygen atoms in total. The van der Waals surface area contributed by atoms with Crippen molar-refractivity contribution in [1.29, 1.82) is 0 Å². The van der Waals surface area contributed by atoms with Crippen LogP contribution in [0.5, 0.6) is 0 Å². The molecule has 0 spiro atoms. The maximum absolute atomic E-state index is 12.2. The number of carbonyl (C=O) groups is 1. The number of amides is 1. The average Bonchev–Trinajstić information content (AvgIpc) is 3.09. The Kier molecular flexibility index (Phi) is 5.39. The molecule has 1 N–H and O–H groups in total. The summed E-state index contributed by atoms with van der Waals surface area (Å²) in [7, 11) is 0. The molecule has 0 bridgehead atoms. The van der Waals surface area contributed by atoms with E-state index in [1.807, 2.05) is 0 Å². The van der Waals surface area contributed by atoms with Gasteiger partial charge in [0.15, 0.2) is 0 Å². The second kappa shape index (κ2) is 7.69. The maximum atomic E-state index is 12.2. The lowest BCUT2D eigenvalue weighted by atomic mass is 9.93. The topological polar surface area (TPSA) is 72.3 Å². The first-order valence-corrected chi connectivity index (χ1v) is 8.26. The number of ether oxygens (including phenoxy) is 1. The quantitative estimate of drug-likeness (QED) is 0.846. The zero-order chi connectivity index (χ0) is 15.2. The third kappa shape index (κ3) is 4.04. The highest BCUT2D eigenvalue weighted by Gasteiger charge is 2.29. The van der Waals surface area contributed by atoms with E-state index < -0.39 is 0 Å². The molecule has 1 amide bonds. The number of piperidine rings is 1. The van der Waals surface area contributed by atoms with Crippen molar-refractivity contribution in [2.45, 2.75) is 38.3 Å². The van der Waals surface area contributed by atoms with Crippen LogP contribution in [0.25, 0.3) is 0 Å². The van der Waals surface area contributed by atoms with Crippen LogP contribution >= 0.6 is 0 Å². The van der Waals surface area contributed by atoms with Gasteiger partial charge < -0.3 is 15.0 Å². The minimum Gasteiger partial charge on any atom is -0.381 e. The zero-order valence-electron chi connectivity index (χ0n) is 13.0. The highest BCUT2D eigenvalue weighted by molar-refractivity contribution is 5.78. The molecule has 7 heteroatoms. The normalized spacial score (nSPS) is 21.8. The highest BCUT2D eigenvalue weighted by atomic mass is 16.5. The second-order valence-electron chi connectivity index (χ2n) is 6.11. The Morgan fingerprint density at radius 2 is 2.00 bits per heavy atom. The molecular weight excluding hydrogens is 282 g/mol. The van der Waals surface area contributed by atoms with E-state index >= 15 is 0 Å². The summed E-state index contributed by atoms with van der Waals surface area (Å²) in [5.74, 6) is 0.346. The van der Waals surface area contributed by atoms with Crippen molar-refractivity contribution < 1.29 is 9.53 Å². The molecule has 2 aliphatic heterocycles. The van der Waals surface area contributed by atoms with E-state index in [1.54, 1.807) is 17.1 Å². The lowest BCUT2D eigenvalue weighted by molar-refractivity contribution is -0.126. The predicted octanol–water partition coefficient (Wildman–Crippen LogP) is 0.285. The number of hydrogen-bond acceptors (Lipinski definition) is 5. The summed E-state index contributed by atoms with van der Waals surface area (Å²) in [5.41, 5.74) is 0. The molecule has 0 unspecified atom stereocenters. The van der Waals surface area contributed by atoms with Crippen LogP contribution < -0.4 is 5.32 Å². The van der Waals surface area contributed by atoms with Crippen molar-refractivity contribution in [3.63, 3.8) is 0 Å². The average molecular weight is 307 g/mol. The molecule has 0 aliphatic carbocycles. The van der Waals surface area contributed by atoms with Gasteiger partial charge in [-0.2, -0.15) is 0 Å². The van der Waals surface area contributed by atoms with Gasteiger partial charge in [0.05, 0.1) is 12.7 Å². The van der Waals surface area contributed by atoms with Crippen LogP contribution in [0.1, 0.15) is 25.7 Å². The third-order valence-electron chi connectivity index (χ3n) is 4.72. The molecule has 22 heavy (non-hydrogen) atoms. The molecule has 1 aromatic heterocycles. The fourth-order valence-electron chi connectivity index (χ4n) is 3.37. The van der Waals surface area contributed by atoms with Crippen LogP contribution in [0.3, 0.4) is 0 Å². The second-order valence-corrected chi connectivity index (χ2v) is 6.11. The van der Waals surface area contributed by atoms with Crippen LogP contribution in [-0.4, -0.2) is 64.7 Å². The Bertz CT molecular complexity index is 451. The molecule has 3 rings (SSSR count). The van der Waals surface area contributed by atoms with Gasteiger partial charge in [-0.1, -0.05) is 5.21 Å². The van der Waals surface area contributed by atoms with Gasteiger partial charge >= 0.3 is 0 Å². The fourth-order valence-corrected chi connectivity index (χ4v) is 3.37. The lowest BCUT2D eigenvalue weighted by Gasteiger charge is -2.38. The smallest absolute Gasteiger partial charge is 0.223 e. The van der Waals surface area contributed by atoms with Crippen LogP contribution in [-0.2, 0) is 16.1 Å². The van der Waals surface area contributed by atoms with Crippen molar-refractivity contribution in [1.82, 2.24) is 25.2 Å². The van der Waals surface area contributed by atoms with Gasteiger partial charge in [0, 0.05) is 37.9 Å². The van der Waals surface area contributed by atoms with E-state index in [0.717, 1.165) is 52.0 Å². The van der Waals surface area contributed by atoms with E-state index in [0.29, 0.717) is 19.1 Å². The van der Waals surface area contributed by atoms with Gasteiger partial charge in [-0.3, -0.25) is 9.48 Å². The molecule has 2 fully saturated rings. The zero-order valence-corrected chi connectivity index (χ0v) is 13.0. The Morgan fingerprint density at radius 3 is 2.68 bits per heavy atom. The molecular formula is C15H25N5O2. The Balaban J connectivity index is 1.36. The Labute approximate surface area is 131 Å². The van der Waals surface area contributed by atoms with Gasteiger partial charge in [0.2, 0.25) is 5.91 Å². The van der Waals surface area contributed by atoms with Gasteiger partial charge in [0.25, 0.3) is 0 Å². The predicted molar refractivity (Wildman–Crippen MR) is 81.2 cm³/mol. The van der Waals surface area contributed by atoms with E-state index in [1.165, 1.54) is 0 Å². The number of carbonyl (C=O) groups excluding carboxylic acids is 1. The Morgan fingerprint density at radius 1 is 1.23 bits per heavy atom. The molecule has 0 radical (unpaired) electrons. The van der Waals surface area contributed by atoms with E-state index in [4.69, 9.17) is 4.74 Å². The monoisotopic (exact) mass is 307 g/mol. The van der Waals surface area contributed by atoms with Gasteiger partial charge in [0.1, 0.15) is 0 Å². The first-order valence-electron chi connectivity index (χ1n) is 8.26. The molecule has 0 atom stereocenters. The summed E-state index contributed by atoms with van der Waals surface area (Å²) in [6.45, 7) is 5.12. The minimum atomic E-state index is 0.159. The number of nitrogens with zero attached hydrogens (tertiary/aromatic N) is 4. The number of aromatic nitrogens is 3. The van der Waals surface area contributed by atoms with Gasteiger partial charge in [-0.15, -0.1) is 5.10 Å². The Hall–Kier alpha value is -1.47. The summed E-state index contributed by atoms with van der Waals surface area (Å²) in [6.07, 6.45) is 7.65. The SMILES string of the molecule is O=C(NCCn1ccnn1)C1CCN(C2CCOCC2)CC1. The molecule has 2 saturated heterocycles. The largest absolute Gasteiger partial charge is 0.381 e. The number of rotatable bonds is 5. The minimum absolute atomic E-state index is 0.159. The maximum Gasteiger partial charge on any atom is 0.223 e. The fraction of sp³-hybridized carbons (Fsp3) is 0.800. The van der Waals surface area contributed by atoms with Crippen LogP contribution in [0, 0.1) is 5.92 Å². The lowest BCUT2D eigenvalue weighted by Crippen LogP contribution is -2.46. The van der Waals surface area contributed by atoms with Crippen molar-refractivity contribution >= 4 is 5.91 Å². The molecule has 2 aliphatic rings.